The number of anilines is 1. The molecular weight excluding hydrogens is 326 g/mol. The van der Waals surface area contributed by atoms with Gasteiger partial charge in [-0.15, -0.1) is 0 Å². The van der Waals surface area contributed by atoms with E-state index in [2.05, 4.69) is 23.5 Å². The van der Waals surface area contributed by atoms with Crippen LogP contribution in [-0.4, -0.2) is 25.1 Å². The summed E-state index contributed by atoms with van der Waals surface area (Å²) < 4.78 is 5.21. The Kier molecular flexibility index (Phi) is 5.55. The second-order valence-corrected chi connectivity index (χ2v) is 6.77. The highest BCUT2D eigenvalue weighted by atomic mass is 16.5. The number of rotatable bonds is 7. The van der Waals surface area contributed by atoms with Crippen LogP contribution < -0.4 is 15.0 Å². The molecule has 1 aliphatic rings. The number of hydrogen-bond acceptors (Lipinski definition) is 3. The fourth-order valence-corrected chi connectivity index (χ4v) is 3.13. The zero-order chi connectivity index (χ0) is 18.5. The number of hydrogen-bond donors (Lipinski definition) is 2. The van der Waals surface area contributed by atoms with Crippen LogP contribution in [0.4, 0.5) is 5.69 Å². The molecular formula is C21H24N3O2+. The maximum atomic E-state index is 12.7. The minimum Gasteiger partial charge on any atom is -0.497 e. The molecule has 2 aromatic carbocycles. The average Bonchev–Trinajstić information content (AvgIpc) is 3.51. The number of carbonyl (C=O) groups excluding carboxylic acids is 1. The van der Waals surface area contributed by atoms with Gasteiger partial charge in [0.1, 0.15) is 12.3 Å². The van der Waals surface area contributed by atoms with Crippen LogP contribution >= 0.6 is 0 Å². The van der Waals surface area contributed by atoms with Crippen LogP contribution in [0.5, 0.6) is 5.75 Å². The molecule has 2 N–H and O–H groups in total. The topological polar surface area (TPSA) is 66.6 Å². The molecule has 134 valence electrons. The Morgan fingerprint density at radius 2 is 1.88 bits per heavy atom. The predicted molar refractivity (Wildman–Crippen MR) is 99.9 cm³/mol. The molecule has 1 aliphatic carbocycles. The highest BCUT2D eigenvalue weighted by Crippen LogP contribution is 2.18. The van der Waals surface area contributed by atoms with Gasteiger partial charge in [0, 0.05) is 24.1 Å². The third-order valence-corrected chi connectivity index (χ3v) is 4.90. The van der Waals surface area contributed by atoms with E-state index >= 15 is 0 Å². The maximum absolute atomic E-state index is 12.7. The molecule has 26 heavy (non-hydrogen) atoms. The summed E-state index contributed by atoms with van der Waals surface area (Å²) in [7, 11) is 1.66. The summed E-state index contributed by atoms with van der Waals surface area (Å²) >= 11 is 0. The lowest BCUT2D eigenvalue weighted by atomic mass is 10.1. The summed E-state index contributed by atoms with van der Waals surface area (Å²) in [4.78, 5) is 14.0. The van der Waals surface area contributed by atoms with Crippen molar-refractivity contribution in [2.45, 2.75) is 38.4 Å². The van der Waals surface area contributed by atoms with Crippen molar-refractivity contribution in [3.8, 4) is 11.8 Å². The van der Waals surface area contributed by atoms with E-state index in [4.69, 9.17) is 10.00 Å². The normalized spacial score (nSPS) is 15.6. The van der Waals surface area contributed by atoms with E-state index in [1.54, 1.807) is 31.4 Å². The first-order chi connectivity index (χ1) is 12.6. The molecule has 0 aliphatic heterocycles. The average molecular weight is 350 g/mol. The van der Waals surface area contributed by atoms with Crippen LogP contribution in [0.25, 0.3) is 0 Å². The van der Waals surface area contributed by atoms with E-state index < -0.39 is 0 Å². The Morgan fingerprint density at radius 1 is 1.23 bits per heavy atom. The number of ether oxygens (including phenoxy) is 1. The summed E-state index contributed by atoms with van der Waals surface area (Å²) in [5.41, 5.74) is 2.51. The molecule has 1 unspecified atom stereocenters. The van der Waals surface area contributed by atoms with Gasteiger partial charge in [0.05, 0.1) is 24.8 Å². The van der Waals surface area contributed by atoms with Crippen molar-refractivity contribution in [1.29, 1.82) is 5.26 Å². The van der Waals surface area contributed by atoms with E-state index in [0.29, 0.717) is 11.6 Å². The molecule has 2 atom stereocenters. The van der Waals surface area contributed by atoms with Crippen LogP contribution in [0.15, 0.2) is 48.5 Å². The minimum absolute atomic E-state index is 0.00474. The van der Waals surface area contributed by atoms with Crippen LogP contribution in [0, 0.1) is 11.3 Å². The van der Waals surface area contributed by atoms with Gasteiger partial charge in [0.25, 0.3) is 5.91 Å². The molecule has 0 saturated heterocycles. The quantitative estimate of drug-likeness (QED) is 0.804. The van der Waals surface area contributed by atoms with Crippen LogP contribution in [0.1, 0.15) is 30.9 Å². The first-order valence-electron chi connectivity index (χ1n) is 8.90. The van der Waals surface area contributed by atoms with Gasteiger partial charge < -0.3 is 15.0 Å². The van der Waals surface area contributed by atoms with Gasteiger partial charge in [0.2, 0.25) is 0 Å². The zero-order valence-electron chi connectivity index (χ0n) is 15.2. The molecule has 5 nitrogen and oxygen atoms in total. The number of carbonyl (C=O) groups is 1. The highest BCUT2D eigenvalue weighted by molar-refractivity contribution is 5.93. The monoisotopic (exact) mass is 350 g/mol. The van der Waals surface area contributed by atoms with Crippen molar-refractivity contribution in [3.63, 3.8) is 0 Å². The molecule has 5 heteroatoms. The predicted octanol–water partition coefficient (Wildman–Crippen LogP) is 2.14. The number of nitrogens with one attached hydrogen (secondary N) is 2. The Bertz CT molecular complexity index is 790. The zero-order valence-corrected chi connectivity index (χ0v) is 15.2. The molecule has 1 saturated carbocycles. The van der Waals surface area contributed by atoms with Crippen LogP contribution in [0.2, 0.25) is 0 Å². The molecule has 0 aromatic heterocycles. The minimum atomic E-state index is -0.153. The van der Waals surface area contributed by atoms with Gasteiger partial charge in [-0.05, 0) is 55.5 Å². The standard InChI is InChI=1S/C21H23N3O2/c1-15(21(25)23-18-7-3-16(13-22)4-8-18)24(19-9-10-19)14-17-5-11-20(26-2)12-6-17/h3-8,11-12,15,19H,9-10,14H2,1-2H3,(H,23,25)/p+1/t15-/m1/s1. The van der Waals surface area contributed by atoms with Crippen molar-refractivity contribution < 1.29 is 14.4 Å². The SMILES string of the molecule is COc1ccc(C[NH+](C2CC2)[C@H](C)C(=O)Nc2ccc(C#N)cc2)cc1. The van der Waals surface area contributed by atoms with Gasteiger partial charge in [-0.1, -0.05) is 0 Å². The molecule has 2 aromatic rings. The van der Waals surface area contributed by atoms with Crippen LogP contribution in [0.3, 0.4) is 0 Å². The number of benzene rings is 2. The van der Waals surface area contributed by atoms with E-state index in [9.17, 15) is 4.79 Å². The van der Waals surface area contributed by atoms with Gasteiger partial charge >= 0.3 is 0 Å². The Balaban J connectivity index is 1.66. The largest absolute Gasteiger partial charge is 0.497 e. The number of nitriles is 1. The highest BCUT2D eigenvalue weighted by Gasteiger charge is 2.39. The number of methoxy groups -OCH3 is 1. The smallest absolute Gasteiger partial charge is 0.282 e. The summed E-state index contributed by atoms with van der Waals surface area (Å²) in [6, 6.07) is 17.5. The van der Waals surface area contributed by atoms with Crippen molar-refractivity contribution in [2.75, 3.05) is 12.4 Å². The lowest BCUT2D eigenvalue weighted by Crippen LogP contribution is -3.16. The van der Waals surface area contributed by atoms with Gasteiger partial charge in [-0.3, -0.25) is 4.79 Å². The molecule has 0 radical (unpaired) electrons. The van der Waals surface area contributed by atoms with E-state index in [1.807, 2.05) is 19.1 Å². The fourth-order valence-electron chi connectivity index (χ4n) is 3.13. The molecule has 0 bridgehead atoms. The van der Waals surface area contributed by atoms with Gasteiger partial charge in [-0.2, -0.15) is 5.26 Å². The molecule has 0 spiro atoms. The molecule has 0 heterocycles. The number of amides is 1. The summed E-state index contributed by atoms with van der Waals surface area (Å²) in [5, 5.41) is 11.8. The summed E-state index contributed by atoms with van der Waals surface area (Å²) in [6.07, 6.45) is 2.33. The molecule has 3 rings (SSSR count). The first-order valence-corrected chi connectivity index (χ1v) is 8.90. The molecule has 1 fully saturated rings. The second-order valence-electron chi connectivity index (χ2n) is 6.77. The van der Waals surface area contributed by atoms with Crippen LogP contribution in [-0.2, 0) is 11.3 Å². The summed E-state index contributed by atoms with van der Waals surface area (Å²) in [6.45, 7) is 2.80. The van der Waals surface area contributed by atoms with Gasteiger partial charge in [-0.25, -0.2) is 0 Å². The molecule has 1 amide bonds. The Morgan fingerprint density at radius 3 is 2.42 bits per heavy atom. The third-order valence-electron chi connectivity index (χ3n) is 4.90. The maximum Gasteiger partial charge on any atom is 0.282 e. The van der Waals surface area contributed by atoms with E-state index in [0.717, 1.165) is 18.0 Å². The lowest BCUT2D eigenvalue weighted by molar-refractivity contribution is -0.938. The van der Waals surface area contributed by atoms with Crippen molar-refractivity contribution in [1.82, 2.24) is 0 Å². The Hall–Kier alpha value is -2.84. The van der Waals surface area contributed by atoms with Gasteiger partial charge in [0.15, 0.2) is 6.04 Å². The van der Waals surface area contributed by atoms with Crippen molar-refractivity contribution >= 4 is 11.6 Å². The fraction of sp³-hybridized carbons (Fsp3) is 0.333. The van der Waals surface area contributed by atoms with Crippen molar-refractivity contribution in [3.05, 3.63) is 59.7 Å². The third kappa shape index (κ3) is 4.41. The first kappa shape index (κ1) is 18.0. The van der Waals surface area contributed by atoms with E-state index in [-0.39, 0.29) is 11.9 Å². The van der Waals surface area contributed by atoms with E-state index in [1.165, 1.54) is 23.3 Å². The lowest BCUT2D eigenvalue weighted by Gasteiger charge is -2.25. The number of nitrogens with zero attached hydrogens (tertiary/aromatic N) is 1. The second kappa shape index (κ2) is 8.03. The number of quaternary nitrogens is 1. The summed E-state index contributed by atoms with van der Waals surface area (Å²) in [5.74, 6) is 0.846. The van der Waals surface area contributed by atoms with Crippen molar-refractivity contribution in [2.24, 2.45) is 0 Å². The Labute approximate surface area is 154 Å².